The first kappa shape index (κ1) is 13.7. The fraction of sp³-hybridized carbons (Fsp3) is 0.200. The summed E-state index contributed by atoms with van der Waals surface area (Å²) in [6, 6.07) is 9.16. The van der Waals surface area contributed by atoms with E-state index in [-0.39, 0.29) is 5.78 Å². The van der Waals surface area contributed by atoms with E-state index in [0.29, 0.717) is 18.6 Å². The Morgan fingerprint density at radius 3 is 2.89 bits per heavy atom. The molecule has 0 atom stereocenters. The van der Waals surface area contributed by atoms with Crippen molar-refractivity contribution in [3.63, 3.8) is 0 Å². The van der Waals surface area contributed by atoms with Crippen LogP contribution in [0.1, 0.15) is 22.8 Å². The zero-order valence-corrected chi connectivity index (χ0v) is 12.2. The Balaban J connectivity index is 2.13. The quantitative estimate of drug-likeness (QED) is 0.789. The van der Waals surface area contributed by atoms with Crippen LogP contribution in [0.15, 0.2) is 47.2 Å². The molecule has 1 aromatic heterocycles. The van der Waals surface area contributed by atoms with Gasteiger partial charge < -0.3 is 4.74 Å². The van der Waals surface area contributed by atoms with E-state index >= 15 is 0 Å². The number of nitrogens with zero attached hydrogens (tertiary/aromatic N) is 1. The van der Waals surface area contributed by atoms with E-state index in [1.54, 1.807) is 24.5 Å². The minimum atomic E-state index is 0.0569. The van der Waals surface area contributed by atoms with E-state index in [1.165, 1.54) is 0 Å². The highest BCUT2D eigenvalue weighted by atomic mass is 79.9. The molecule has 4 heteroatoms. The van der Waals surface area contributed by atoms with Crippen molar-refractivity contribution in [1.82, 2.24) is 4.98 Å². The van der Waals surface area contributed by atoms with Crippen molar-refractivity contribution in [3.8, 4) is 5.75 Å². The lowest BCUT2D eigenvalue weighted by Gasteiger charge is -2.05. The average Bonchev–Trinajstić information content (AvgIpc) is 2.39. The molecule has 98 valence electrons. The fourth-order valence-electron chi connectivity index (χ4n) is 1.77. The number of hydrogen-bond donors (Lipinski definition) is 0. The molecule has 0 aliphatic heterocycles. The highest BCUT2D eigenvalue weighted by Gasteiger charge is 2.08. The first-order valence-corrected chi connectivity index (χ1v) is 6.84. The molecule has 1 heterocycles. The number of carbonyl (C=O) groups excluding carboxylic acids is 1. The Hall–Kier alpha value is -1.68. The standard InChI is InChI=1S/C15H14BrNO2/c1-2-19-14-5-3-4-12(8-14)15(18)7-11-6-13(16)10-17-9-11/h3-6,8-10H,2,7H2,1H3. The Morgan fingerprint density at radius 2 is 2.16 bits per heavy atom. The van der Waals surface area contributed by atoms with Crippen LogP contribution < -0.4 is 4.74 Å². The molecule has 0 radical (unpaired) electrons. The van der Waals surface area contributed by atoms with Crippen LogP contribution in [0.2, 0.25) is 0 Å². The number of hydrogen-bond acceptors (Lipinski definition) is 3. The lowest BCUT2D eigenvalue weighted by Crippen LogP contribution is -2.04. The van der Waals surface area contributed by atoms with Gasteiger partial charge >= 0.3 is 0 Å². The summed E-state index contributed by atoms with van der Waals surface area (Å²) in [6.07, 6.45) is 3.74. The van der Waals surface area contributed by atoms with Crippen LogP contribution in [0, 0.1) is 0 Å². The fourth-order valence-corrected chi connectivity index (χ4v) is 2.18. The molecule has 0 bridgehead atoms. The first-order chi connectivity index (χ1) is 9.19. The summed E-state index contributed by atoms with van der Waals surface area (Å²) in [6.45, 7) is 2.51. The monoisotopic (exact) mass is 319 g/mol. The molecule has 0 saturated carbocycles. The van der Waals surface area contributed by atoms with Crippen molar-refractivity contribution in [2.24, 2.45) is 0 Å². The van der Waals surface area contributed by atoms with E-state index in [9.17, 15) is 4.79 Å². The third-order valence-electron chi connectivity index (χ3n) is 2.59. The van der Waals surface area contributed by atoms with Gasteiger partial charge in [-0.25, -0.2) is 0 Å². The second kappa shape index (κ2) is 6.48. The normalized spacial score (nSPS) is 10.2. The Labute approximate surface area is 120 Å². The van der Waals surface area contributed by atoms with E-state index in [4.69, 9.17) is 4.74 Å². The van der Waals surface area contributed by atoms with Gasteiger partial charge in [-0.15, -0.1) is 0 Å². The van der Waals surface area contributed by atoms with E-state index in [2.05, 4.69) is 20.9 Å². The number of aromatic nitrogens is 1. The second-order valence-electron chi connectivity index (χ2n) is 4.07. The predicted octanol–water partition coefficient (Wildman–Crippen LogP) is 3.67. The molecular formula is C15H14BrNO2. The molecule has 0 saturated heterocycles. The summed E-state index contributed by atoms with van der Waals surface area (Å²) >= 11 is 3.35. The van der Waals surface area contributed by atoms with Gasteiger partial charge in [-0.05, 0) is 46.6 Å². The van der Waals surface area contributed by atoms with Gasteiger partial charge in [-0.1, -0.05) is 12.1 Å². The molecule has 2 aromatic rings. The third kappa shape index (κ3) is 3.89. The maximum atomic E-state index is 12.2. The number of benzene rings is 1. The SMILES string of the molecule is CCOc1cccc(C(=O)Cc2cncc(Br)c2)c1. The largest absolute Gasteiger partial charge is 0.494 e. The predicted molar refractivity (Wildman–Crippen MR) is 77.6 cm³/mol. The highest BCUT2D eigenvalue weighted by Crippen LogP contribution is 2.16. The summed E-state index contributed by atoms with van der Waals surface area (Å²) in [5.74, 6) is 0.780. The Bertz CT molecular complexity index is 584. The number of Topliss-reactive ketones (excluding diaryl/α,β-unsaturated/α-hetero) is 1. The van der Waals surface area contributed by atoms with Gasteiger partial charge in [0.2, 0.25) is 0 Å². The smallest absolute Gasteiger partial charge is 0.167 e. The van der Waals surface area contributed by atoms with Crippen LogP contribution >= 0.6 is 15.9 Å². The van der Waals surface area contributed by atoms with Crippen molar-refractivity contribution in [2.75, 3.05) is 6.61 Å². The van der Waals surface area contributed by atoms with Crippen molar-refractivity contribution in [3.05, 3.63) is 58.3 Å². The molecule has 19 heavy (non-hydrogen) atoms. The van der Waals surface area contributed by atoms with Crippen LogP contribution in [0.3, 0.4) is 0 Å². The lowest BCUT2D eigenvalue weighted by atomic mass is 10.0. The minimum absolute atomic E-state index is 0.0569. The van der Waals surface area contributed by atoms with E-state index in [1.807, 2.05) is 25.1 Å². The van der Waals surface area contributed by atoms with Crippen LogP contribution in [-0.2, 0) is 6.42 Å². The maximum Gasteiger partial charge on any atom is 0.167 e. The van der Waals surface area contributed by atoms with E-state index in [0.717, 1.165) is 15.8 Å². The summed E-state index contributed by atoms with van der Waals surface area (Å²) in [4.78, 5) is 16.2. The molecule has 0 aliphatic carbocycles. The molecule has 0 fully saturated rings. The number of carbonyl (C=O) groups is 1. The maximum absolute atomic E-state index is 12.2. The molecule has 0 spiro atoms. The highest BCUT2D eigenvalue weighted by molar-refractivity contribution is 9.10. The van der Waals surface area contributed by atoms with Crippen LogP contribution in [0.5, 0.6) is 5.75 Å². The summed E-state index contributed by atoms with van der Waals surface area (Å²) in [7, 11) is 0. The van der Waals surface area contributed by atoms with Crippen molar-refractivity contribution in [2.45, 2.75) is 13.3 Å². The van der Waals surface area contributed by atoms with Crippen LogP contribution in [0.4, 0.5) is 0 Å². The van der Waals surface area contributed by atoms with Gasteiger partial charge in [0.05, 0.1) is 6.61 Å². The topological polar surface area (TPSA) is 39.2 Å². The Morgan fingerprint density at radius 1 is 1.32 bits per heavy atom. The Kier molecular flexibility index (Phi) is 4.68. The number of ether oxygens (including phenoxy) is 1. The summed E-state index contributed by atoms with van der Waals surface area (Å²) in [5.41, 5.74) is 1.55. The average molecular weight is 320 g/mol. The van der Waals surface area contributed by atoms with Gasteiger partial charge in [0.1, 0.15) is 5.75 Å². The number of pyridine rings is 1. The van der Waals surface area contributed by atoms with Crippen LogP contribution in [-0.4, -0.2) is 17.4 Å². The van der Waals surface area contributed by atoms with Crippen molar-refractivity contribution in [1.29, 1.82) is 0 Å². The van der Waals surface area contributed by atoms with Gasteiger partial charge in [0.25, 0.3) is 0 Å². The van der Waals surface area contributed by atoms with Crippen molar-refractivity contribution >= 4 is 21.7 Å². The summed E-state index contributed by atoms with van der Waals surface area (Å²) in [5, 5.41) is 0. The molecule has 0 aliphatic rings. The third-order valence-corrected chi connectivity index (χ3v) is 3.03. The van der Waals surface area contributed by atoms with Gasteiger partial charge in [0.15, 0.2) is 5.78 Å². The zero-order chi connectivity index (χ0) is 13.7. The minimum Gasteiger partial charge on any atom is -0.494 e. The summed E-state index contributed by atoms with van der Waals surface area (Å²) < 4.78 is 6.27. The first-order valence-electron chi connectivity index (χ1n) is 6.04. The van der Waals surface area contributed by atoms with Gasteiger partial charge in [-0.3, -0.25) is 9.78 Å². The number of halogens is 1. The number of rotatable bonds is 5. The van der Waals surface area contributed by atoms with E-state index < -0.39 is 0 Å². The van der Waals surface area contributed by atoms with Crippen molar-refractivity contribution < 1.29 is 9.53 Å². The molecule has 2 rings (SSSR count). The molecule has 0 amide bonds. The zero-order valence-electron chi connectivity index (χ0n) is 10.6. The molecule has 0 unspecified atom stereocenters. The molecule has 3 nitrogen and oxygen atoms in total. The van der Waals surface area contributed by atoms with Gasteiger partial charge in [-0.2, -0.15) is 0 Å². The molecule has 1 aromatic carbocycles. The van der Waals surface area contributed by atoms with Crippen LogP contribution in [0.25, 0.3) is 0 Å². The molecule has 0 N–H and O–H groups in total. The lowest BCUT2D eigenvalue weighted by molar-refractivity contribution is 0.0992. The van der Waals surface area contributed by atoms with Gasteiger partial charge in [0, 0.05) is 28.9 Å². The second-order valence-corrected chi connectivity index (χ2v) is 4.99. The number of ketones is 1. The molecular weight excluding hydrogens is 306 g/mol.